The largest absolute Gasteiger partial charge is 0.225 e. The SMILES string of the molecule is Clc1nc2cc3sc4ccccc4c3c(Cl)c2s1. The molecule has 88 valence electrons. The van der Waals surface area contributed by atoms with Crippen molar-refractivity contribution in [1.82, 2.24) is 4.98 Å². The third-order valence-electron chi connectivity index (χ3n) is 2.94. The van der Waals surface area contributed by atoms with E-state index in [0.29, 0.717) is 4.47 Å². The second-order valence-corrected chi connectivity index (χ2v) is 7.02. The zero-order valence-electron chi connectivity index (χ0n) is 8.91. The Balaban J connectivity index is 2.32. The van der Waals surface area contributed by atoms with Gasteiger partial charge in [0, 0.05) is 20.2 Å². The van der Waals surface area contributed by atoms with Crippen LogP contribution >= 0.6 is 45.9 Å². The number of fused-ring (bicyclic) bond motifs is 4. The van der Waals surface area contributed by atoms with Gasteiger partial charge in [0.15, 0.2) is 4.47 Å². The first-order valence-corrected chi connectivity index (χ1v) is 7.69. The van der Waals surface area contributed by atoms with Gasteiger partial charge in [0.1, 0.15) is 0 Å². The van der Waals surface area contributed by atoms with Crippen molar-refractivity contribution in [3.63, 3.8) is 0 Å². The number of halogens is 2. The Labute approximate surface area is 121 Å². The molecule has 0 N–H and O–H groups in total. The van der Waals surface area contributed by atoms with Crippen LogP contribution in [0.3, 0.4) is 0 Å². The van der Waals surface area contributed by atoms with Crippen molar-refractivity contribution >= 4 is 76.3 Å². The van der Waals surface area contributed by atoms with Crippen LogP contribution in [0.5, 0.6) is 0 Å². The number of thiazole rings is 1. The molecule has 0 atom stereocenters. The monoisotopic (exact) mass is 309 g/mol. The van der Waals surface area contributed by atoms with Gasteiger partial charge in [0.25, 0.3) is 0 Å². The fourth-order valence-electron chi connectivity index (χ4n) is 2.19. The van der Waals surface area contributed by atoms with Gasteiger partial charge in [-0.2, -0.15) is 0 Å². The van der Waals surface area contributed by atoms with E-state index in [4.69, 9.17) is 23.2 Å². The normalized spacial score (nSPS) is 11.9. The summed E-state index contributed by atoms with van der Waals surface area (Å²) in [5.74, 6) is 0. The third-order valence-corrected chi connectivity index (χ3v) is 5.74. The Morgan fingerprint density at radius 1 is 1.00 bits per heavy atom. The molecule has 0 amide bonds. The smallest absolute Gasteiger partial charge is 0.184 e. The maximum atomic E-state index is 6.53. The third kappa shape index (κ3) is 1.42. The molecule has 0 fully saturated rings. The molecule has 0 aliphatic heterocycles. The minimum Gasteiger partial charge on any atom is -0.225 e. The number of thiophene rings is 1. The van der Waals surface area contributed by atoms with Crippen molar-refractivity contribution in [2.24, 2.45) is 0 Å². The highest BCUT2D eigenvalue weighted by Gasteiger charge is 2.14. The van der Waals surface area contributed by atoms with Crippen LogP contribution in [-0.4, -0.2) is 4.98 Å². The molecule has 2 aromatic heterocycles. The molecule has 0 radical (unpaired) electrons. The highest BCUT2D eigenvalue weighted by Crippen LogP contribution is 2.43. The summed E-state index contributed by atoms with van der Waals surface area (Å²) in [6.45, 7) is 0. The van der Waals surface area contributed by atoms with Gasteiger partial charge in [-0.25, -0.2) is 4.98 Å². The van der Waals surface area contributed by atoms with Crippen molar-refractivity contribution in [2.45, 2.75) is 0 Å². The molecule has 0 saturated carbocycles. The lowest BCUT2D eigenvalue weighted by Crippen LogP contribution is -1.72. The van der Waals surface area contributed by atoms with Gasteiger partial charge in [-0.3, -0.25) is 0 Å². The number of hydrogen-bond acceptors (Lipinski definition) is 3. The molecule has 0 bridgehead atoms. The van der Waals surface area contributed by atoms with Crippen LogP contribution in [0.4, 0.5) is 0 Å². The van der Waals surface area contributed by atoms with Crippen molar-refractivity contribution in [1.29, 1.82) is 0 Å². The number of rotatable bonds is 0. The molecule has 0 aliphatic rings. The molecular formula is C13H5Cl2NS2. The van der Waals surface area contributed by atoms with Gasteiger partial charge in [-0.05, 0) is 12.1 Å². The Kier molecular flexibility index (Phi) is 2.33. The minimum atomic E-state index is 0.536. The number of aromatic nitrogens is 1. The number of benzene rings is 2. The van der Waals surface area contributed by atoms with E-state index in [1.165, 1.54) is 21.4 Å². The van der Waals surface area contributed by atoms with Crippen LogP contribution in [-0.2, 0) is 0 Å². The van der Waals surface area contributed by atoms with Crippen LogP contribution in [0.2, 0.25) is 9.49 Å². The summed E-state index contributed by atoms with van der Waals surface area (Å²) in [6.07, 6.45) is 0. The summed E-state index contributed by atoms with van der Waals surface area (Å²) < 4.78 is 3.92. The van der Waals surface area contributed by atoms with E-state index >= 15 is 0 Å². The van der Waals surface area contributed by atoms with Crippen LogP contribution in [0.15, 0.2) is 30.3 Å². The molecule has 5 heteroatoms. The minimum absolute atomic E-state index is 0.536. The quantitative estimate of drug-likeness (QED) is 0.390. The zero-order chi connectivity index (χ0) is 12.3. The van der Waals surface area contributed by atoms with Crippen LogP contribution in [0, 0.1) is 0 Å². The summed E-state index contributed by atoms with van der Waals surface area (Å²) in [6, 6.07) is 10.4. The average Bonchev–Trinajstić information content (AvgIpc) is 2.89. The van der Waals surface area contributed by atoms with E-state index in [0.717, 1.165) is 25.3 Å². The Hall–Kier alpha value is -0.870. The number of nitrogens with zero attached hydrogens (tertiary/aromatic N) is 1. The average molecular weight is 310 g/mol. The topological polar surface area (TPSA) is 12.9 Å². The van der Waals surface area contributed by atoms with E-state index in [9.17, 15) is 0 Å². The first kappa shape index (κ1) is 11.0. The molecule has 4 aromatic rings. The van der Waals surface area contributed by atoms with Gasteiger partial charge in [0.2, 0.25) is 0 Å². The molecule has 0 spiro atoms. The van der Waals surface area contributed by atoms with E-state index in [1.807, 2.05) is 12.1 Å². The molecule has 0 unspecified atom stereocenters. The molecule has 0 aliphatic carbocycles. The zero-order valence-corrected chi connectivity index (χ0v) is 12.1. The fraction of sp³-hybridized carbons (Fsp3) is 0. The van der Waals surface area contributed by atoms with E-state index in [-0.39, 0.29) is 0 Å². The van der Waals surface area contributed by atoms with Crippen LogP contribution in [0.1, 0.15) is 0 Å². The summed E-state index contributed by atoms with van der Waals surface area (Å²) in [5.41, 5.74) is 0.883. The van der Waals surface area contributed by atoms with Gasteiger partial charge >= 0.3 is 0 Å². The summed E-state index contributed by atoms with van der Waals surface area (Å²) >= 11 is 15.7. The molecule has 4 rings (SSSR count). The van der Waals surface area contributed by atoms with Crippen molar-refractivity contribution in [3.8, 4) is 0 Å². The first-order valence-electron chi connectivity index (χ1n) is 5.30. The highest BCUT2D eigenvalue weighted by atomic mass is 35.5. The Bertz CT molecular complexity index is 907. The Morgan fingerprint density at radius 3 is 2.72 bits per heavy atom. The highest BCUT2D eigenvalue weighted by molar-refractivity contribution is 7.26. The van der Waals surface area contributed by atoms with E-state index in [2.05, 4.69) is 23.2 Å². The van der Waals surface area contributed by atoms with Crippen LogP contribution < -0.4 is 0 Å². The lowest BCUT2D eigenvalue weighted by molar-refractivity contribution is 1.51. The maximum absolute atomic E-state index is 6.53. The summed E-state index contributed by atoms with van der Waals surface area (Å²) in [5, 5.41) is 3.09. The number of hydrogen-bond donors (Lipinski definition) is 0. The van der Waals surface area contributed by atoms with Crippen molar-refractivity contribution in [2.75, 3.05) is 0 Å². The van der Waals surface area contributed by atoms with E-state index < -0.39 is 0 Å². The predicted molar refractivity (Wildman–Crippen MR) is 82.5 cm³/mol. The fourth-order valence-corrected chi connectivity index (χ4v) is 4.85. The van der Waals surface area contributed by atoms with Crippen molar-refractivity contribution in [3.05, 3.63) is 39.8 Å². The second-order valence-electron chi connectivity index (χ2n) is 3.98. The predicted octanol–water partition coefficient (Wildman–Crippen LogP) is 5.97. The van der Waals surface area contributed by atoms with Crippen molar-refractivity contribution < 1.29 is 0 Å². The maximum Gasteiger partial charge on any atom is 0.184 e. The summed E-state index contributed by atoms with van der Waals surface area (Å²) in [7, 11) is 0. The first-order chi connectivity index (χ1) is 8.74. The van der Waals surface area contributed by atoms with Crippen LogP contribution in [0.25, 0.3) is 30.4 Å². The molecule has 0 saturated heterocycles. The van der Waals surface area contributed by atoms with Gasteiger partial charge < -0.3 is 0 Å². The summed E-state index contributed by atoms with van der Waals surface area (Å²) in [4.78, 5) is 4.30. The standard InChI is InChI=1S/C13H5Cl2NS2/c14-11-10-6-3-1-2-4-8(6)17-9(10)5-7-12(11)18-13(15)16-7/h1-5H. The van der Waals surface area contributed by atoms with Gasteiger partial charge in [-0.15, -0.1) is 22.7 Å². The molecule has 18 heavy (non-hydrogen) atoms. The molecule has 1 nitrogen and oxygen atoms in total. The van der Waals surface area contributed by atoms with E-state index in [1.54, 1.807) is 11.3 Å². The second kappa shape index (κ2) is 3.81. The Morgan fingerprint density at radius 2 is 1.83 bits per heavy atom. The lowest BCUT2D eigenvalue weighted by atomic mass is 10.1. The lowest BCUT2D eigenvalue weighted by Gasteiger charge is -1.96. The molecular weight excluding hydrogens is 305 g/mol. The molecule has 2 aromatic carbocycles. The van der Waals surface area contributed by atoms with Gasteiger partial charge in [0.05, 0.1) is 15.2 Å². The van der Waals surface area contributed by atoms with Gasteiger partial charge in [-0.1, -0.05) is 41.4 Å². The molecule has 2 heterocycles.